The third-order valence-corrected chi connectivity index (χ3v) is 3.00. The molecule has 0 aliphatic heterocycles. The summed E-state index contributed by atoms with van der Waals surface area (Å²) in [7, 11) is 0. The summed E-state index contributed by atoms with van der Waals surface area (Å²) in [4.78, 5) is 11.9. The average molecular weight is 269 g/mol. The van der Waals surface area contributed by atoms with Gasteiger partial charge in [-0.15, -0.1) is 0 Å². The van der Waals surface area contributed by atoms with Crippen LogP contribution in [0.25, 0.3) is 0 Å². The van der Waals surface area contributed by atoms with Gasteiger partial charge in [0.15, 0.2) is 0 Å². The summed E-state index contributed by atoms with van der Waals surface area (Å²) < 4.78 is 0. The van der Waals surface area contributed by atoms with Crippen LogP contribution in [0, 0.1) is 11.8 Å². The van der Waals surface area contributed by atoms with Gasteiger partial charge in [0.05, 0.1) is 5.92 Å². The van der Waals surface area contributed by atoms with E-state index in [4.69, 9.17) is 17.3 Å². The molecule has 3 nitrogen and oxygen atoms in total. The van der Waals surface area contributed by atoms with Gasteiger partial charge in [-0.25, -0.2) is 0 Å². The molecule has 1 aromatic carbocycles. The highest BCUT2D eigenvalue weighted by atomic mass is 35.5. The van der Waals surface area contributed by atoms with Crippen LogP contribution in [-0.2, 0) is 11.3 Å². The van der Waals surface area contributed by atoms with E-state index in [0.717, 1.165) is 12.0 Å². The maximum atomic E-state index is 11.9. The molecule has 0 radical (unpaired) electrons. The van der Waals surface area contributed by atoms with Crippen molar-refractivity contribution in [2.45, 2.75) is 26.8 Å². The summed E-state index contributed by atoms with van der Waals surface area (Å²) in [6.07, 6.45) is 0.817. The van der Waals surface area contributed by atoms with Gasteiger partial charge in [0, 0.05) is 18.1 Å². The molecule has 1 amide bonds. The molecule has 0 fully saturated rings. The Kier molecular flexibility index (Phi) is 6.16. The molecular weight excluding hydrogens is 248 g/mol. The molecule has 0 saturated heterocycles. The molecule has 1 aromatic rings. The highest BCUT2D eigenvalue weighted by Crippen LogP contribution is 2.12. The molecule has 3 N–H and O–H groups in total. The van der Waals surface area contributed by atoms with Gasteiger partial charge in [0.25, 0.3) is 0 Å². The molecule has 18 heavy (non-hydrogen) atoms. The number of nitrogens with two attached hydrogens (primary N) is 1. The summed E-state index contributed by atoms with van der Waals surface area (Å²) in [5, 5.41) is 3.58. The van der Waals surface area contributed by atoms with E-state index >= 15 is 0 Å². The number of carbonyl (C=O) groups is 1. The number of benzene rings is 1. The zero-order valence-electron chi connectivity index (χ0n) is 10.9. The first-order valence-electron chi connectivity index (χ1n) is 6.25. The second-order valence-corrected chi connectivity index (χ2v) is 5.35. The van der Waals surface area contributed by atoms with E-state index in [2.05, 4.69) is 19.2 Å². The van der Waals surface area contributed by atoms with E-state index in [9.17, 15) is 4.79 Å². The molecule has 0 aliphatic carbocycles. The first kappa shape index (κ1) is 15.0. The summed E-state index contributed by atoms with van der Waals surface area (Å²) in [5.41, 5.74) is 6.63. The van der Waals surface area contributed by atoms with E-state index in [-0.39, 0.29) is 11.8 Å². The Morgan fingerprint density at radius 3 is 2.72 bits per heavy atom. The van der Waals surface area contributed by atoms with Crippen molar-refractivity contribution in [3.8, 4) is 0 Å². The molecule has 0 saturated carbocycles. The fourth-order valence-electron chi connectivity index (χ4n) is 1.86. The predicted molar refractivity (Wildman–Crippen MR) is 75.3 cm³/mol. The third kappa shape index (κ3) is 5.07. The average Bonchev–Trinajstić information content (AvgIpc) is 2.33. The Balaban J connectivity index is 2.49. The third-order valence-electron chi connectivity index (χ3n) is 2.77. The molecule has 0 bridgehead atoms. The zero-order chi connectivity index (χ0) is 13.5. The SMILES string of the molecule is CC(C)CC(CN)C(=O)NCc1cccc(Cl)c1. The number of hydrogen-bond donors (Lipinski definition) is 2. The van der Waals surface area contributed by atoms with Crippen molar-refractivity contribution < 1.29 is 4.79 Å². The number of halogens is 1. The van der Waals surface area contributed by atoms with Crippen LogP contribution in [0.3, 0.4) is 0 Å². The highest BCUT2D eigenvalue weighted by Gasteiger charge is 2.17. The number of hydrogen-bond acceptors (Lipinski definition) is 2. The smallest absolute Gasteiger partial charge is 0.224 e. The van der Waals surface area contributed by atoms with E-state index in [1.165, 1.54) is 0 Å². The van der Waals surface area contributed by atoms with Crippen molar-refractivity contribution in [1.82, 2.24) is 5.32 Å². The lowest BCUT2D eigenvalue weighted by molar-refractivity contribution is -0.125. The minimum atomic E-state index is -0.107. The number of carbonyl (C=O) groups excluding carboxylic acids is 1. The topological polar surface area (TPSA) is 55.1 Å². The number of amides is 1. The molecule has 1 atom stereocenters. The Morgan fingerprint density at radius 2 is 2.17 bits per heavy atom. The Labute approximate surface area is 114 Å². The number of nitrogens with one attached hydrogen (secondary N) is 1. The minimum Gasteiger partial charge on any atom is -0.352 e. The molecule has 1 rings (SSSR count). The minimum absolute atomic E-state index is 0.0196. The molecule has 1 unspecified atom stereocenters. The first-order chi connectivity index (χ1) is 8.52. The molecule has 100 valence electrons. The van der Waals surface area contributed by atoms with Gasteiger partial charge in [0.1, 0.15) is 0 Å². The van der Waals surface area contributed by atoms with Crippen LogP contribution in [0.1, 0.15) is 25.8 Å². The number of rotatable bonds is 6. The van der Waals surface area contributed by atoms with Crippen molar-refractivity contribution in [1.29, 1.82) is 0 Å². The lowest BCUT2D eigenvalue weighted by Crippen LogP contribution is -2.35. The predicted octanol–water partition coefficient (Wildman–Crippen LogP) is 2.58. The van der Waals surface area contributed by atoms with Crippen LogP contribution >= 0.6 is 11.6 Å². The van der Waals surface area contributed by atoms with Gasteiger partial charge in [0.2, 0.25) is 5.91 Å². The maximum Gasteiger partial charge on any atom is 0.224 e. The monoisotopic (exact) mass is 268 g/mol. The lowest BCUT2D eigenvalue weighted by atomic mass is 9.96. The molecule has 0 aliphatic rings. The molecule has 0 aromatic heterocycles. The Morgan fingerprint density at radius 1 is 1.44 bits per heavy atom. The highest BCUT2D eigenvalue weighted by molar-refractivity contribution is 6.30. The van der Waals surface area contributed by atoms with Crippen LogP contribution < -0.4 is 11.1 Å². The van der Waals surface area contributed by atoms with Crippen molar-refractivity contribution in [2.75, 3.05) is 6.54 Å². The van der Waals surface area contributed by atoms with E-state index in [1.54, 1.807) is 0 Å². The second-order valence-electron chi connectivity index (χ2n) is 4.91. The van der Waals surface area contributed by atoms with Crippen LogP contribution in [0.5, 0.6) is 0 Å². The van der Waals surface area contributed by atoms with Crippen molar-refractivity contribution >= 4 is 17.5 Å². The van der Waals surface area contributed by atoms with Crippen LogP contribution in [0.4, 0.5) is 0 Å². The summed E-state index contributed by atoms with van der Waals surface area (Å²) in [6, 6.07) is 7.47. The van der Waals surface area contributed by atoms with E-state index < -0.39 is 0 Å². The van der Waals surface area contributed by atoms with Crippen molar-refractivity contribution in [3.63, 3.8) is 0 Å². The van der Waals surface area contributed by atoms with Crippen molar-refractivity contribution in [2.24, 2.45) is 17.6 Å². The van der Waals surface area contributed by atoms with E-state index in [1.807, 2.05) is 24.3 Å². The lowest BCUT2D eigenvalue weighted by Gasteiger charge is -2.16. The van der Waals surface area contributed by atoms with Gasteiger partial charge in [-0.05, 0) is 30.0 Å². The maximum absolute atomic E-state index is 11.9. The molecule has 0 spiro atoms. The first-order valence-corrected chi connectivity index (χ1v) is 6.63. The fraction of sp³-hybridized carbons (Fsp3) is 0.500. The van der Waals surface area contributed by atoms with Gasteiger partial charge >= 0.3 is 0 Å². The fourth-order valence-corrected chi connectivity index (χ4v) is 2.07. The zero-order valence-corrected chi connectivity index (χ0v) is 11.7. The van der Waals surface area contributed by atoms with Crippen LogP contribution in [-0.4, -0.2) is 12.5 Å². The van der Waals surface area contributed by atoms with Gasteiger partial charge in [-0.1, -0.05) is 37.6 Å². The quantitative estimate of drug-likeness (QED) is 0.833. The summed E-state index contributed by atoms with van der Waals surface area (Å²) >= 11 is 5.89. The standard InChI is InChI=1S/C14H21ClN2O/c1-10(2)6-12(8-16)14(18)17-9-11-4-3-5-13(15)7-11/h3-5,7,10,12H,6,8-9,16H2,1-2H3,(H,17,18). The van der Waals surface area contributed by atoms with Crippen LogP contribution in [0.15, 0.2) is 24.3 Å². The molecule has 0 heterocycles. The molecular formula is C14H21ClN2O. The largest absolute Gasteiger partial charge is 0.352 e. The normalized spacial score (nSPS) is 12.5. The van der Waals surface area contributed by atoms with E-state index in [0.29, 0.717) is 24.0 Å². The van der Waals surface area contributed by atoms with Crippen molar-refractivity contribution in [3.05, 3.63) is 34.9 Å². The van der Waals surface area contributed by atoms with Gasteiger partial charge in [-0.2, -0.15) is 0 Å². The summed E-state index contributed by atoms with van der Waals surface area (Å²) in [5.74, 6) is 0.380. The summed E-state index contributed by atoms with van der Waals surface area (Å²) in [6.45, 7) is 5.06. The second kappa shape index (κ2) is 7.39. The Hall–Kier alpha value is -1.06. The Bertz CT molecular complexity index is 393. The molecule has 4 heteroatoms. The van der Waals surface area contributed by atoms with Crippen LogP contribution in [0.2, 0.25) is 5.02 Å². The van der Waals surface area contributed by atoms with Gasteiger partial charge in [-0.3, -0.25) is 4.79 Å². The van der Waals surface area contributed by atoms with Gasteiger partial charge < -0.3 is 11.1 Å².